The lowest BCUT2D eigenvalue weighted by atomic mass is 9.81. The number of hydrogen-bond donors (Lipinski definition) is 1. The maximum Gasteiger partial charge on any atom is 0.0733 e. The van der Waals surface area contributed by atoms with Crippen molar-refractivity contribution in [1.29, 1.82) is 0 Å². The van der Waals surface area contributed by atoms with Crippen LogP contribution >= 0.6 is 0 Å². The number of fused-ring (bicyclic) bond motifs is 1. The van der Waals surface area contributed by atoms with E-state index < -0.39 is 16.1 Å². The Morgan fingerprint density at radius 2 is 1.45 bits per heavy atom. The fourth-order valence-electron chi connectivity index (χ4n) is 4.23. The Morgan fingerprint density at radius 3 is 1.90 bits per heavy atom. The van der Waals surface area contributed by atoms with E-state index in [1.165, 1.54) is 25.7 Å². The summed E-state index contributed by atoms with van der Waals surface area (Å²) >= 11 is 0. The second-order valence-electron chi connectivity index (χ2n) is 8.64. The van der Waals surface area contributed by atoms with Gasteiger partial charge in [0.15, 0.2) is 0 Å². The van der Waals surface area contributed by atoms with Crippen molar-refractivity contribution in [3.05, 3.63) is 21.5 Å². The summed E-state index contributed by atoms with van der Waals surface area (Å²) in [6, 6.07) is 0. The standard InChI is InChI=1S/C17H32OSi2/c1-19(2,3)16-11-13(12-18)17(20(4,5)6)15-10-8-7-9-14(15)16/h13,18H,7-12H2,1-6H3/t13-/m0/s1. The first-order valence-electron chi connectivity index (χ1n) is 8.23. The van der Waals surface area contributed by atoms with E-state index in [2.05, 4.69) is 39.3 Å². The van der Waals surface area contributed by atoms with E-state index in [-0.39, 0.29) is 0 Å². The van der Waals surface area contributed by atoms with Gasteiger partial charge in [0.05, 0.1) is 16.1 Å². The summed E-state index contributed by atoms with van der Waals surface area (Å²) in [4.78, 5) is 0. The monoisotopic (exact) mass is 308 g/mol. The van der Waals surface area contributed by atoms with Crippen LogP contribution < -0.4 is 0 Å². The van der Waals surface area contributed by atoms with Crippen LogP contribution in [0.4, 0.5) is 0 Å². The van der Waals surface area contributed by atoms with Gasteiger partial charge in [0.25, 0.3) is 0 Å². The van der Waals surface area contributed by atoms with E-state index in [4.69, 9.17) is 0 Å². The highest BCUT2D eigenvalue weighted by Crippen LogP contribution is 2.47. The smallest absolute Gasteiger partial charge is 0.0733 e. The molecule has 3 heteroatoms. The molecule has 0 unspecified atom stereocenters. The predicted octanol–water partition coefficient (Wildman–Crippen LogP) is 4.92. The highest BCUT2D eigenvalue weighted by Gasteiger charge is 2.39. The zero-order valence-electron chi connectivity index (χ0n) is 14.3. The molecule has 0 amide bonds. The lowest BCUT2D eigenvalue weighted by molar-refractivity contribution is 0.247. The Balaban J connectivity index is 2.62. The third-order valence-corrected chi connectivity index (χ3v) is 9.59. The molecule has 114 valence electrons. The topological polar surface area (TPSA) is 20.2 Å². The van der Waals surface area contributed by atoms with E-state index in [0.29, 0.717) is 12.5 Å². The number of hydrogen-bond acceptors (Lipinski definition) is 1. The Kier molecular flexibility index (Phi) is 4.53. The minimum Gasteiger partial charge on any atom is -0.396 e. The zero-order valence-corrected chi connectivity index (χ0v) is 16.3. The molecular weight excluding hydrogens is 276 g/mol. The molecule has 2 aliphatic carbocycles. The van der Waals surface area contributed by atoms with E-state index >= 15 is 0 Å². The quantitative estimate of drug-likeness (QED) is 0.734. The Bertz CT molecular complexity index is 447. The molecule has 1 nitrogen and oxygen atoms in total. The van der Waals surface area contributed by atoms with Gasteiger partial charge in [0.1, 0.15) is 0 Å². The average Bonchev–Trinajstić information content (AvgIpc) is 2.34. The first kappa shape index (κ1) is 16.2. The lowest BCUT2D eigenvalue weighted by Crippen LogP contribution is -2.39. The van der Waals surface area contributed by atoms with Crippen molar-refractivity contribution in [3.8, 4) is 0 Å². The van der Waals surface area contributed by atoms with Crippen LogP contribution in [0.2, 0.25) is 39.3 Å². The van der Waals surface area contributed by atoms with Crippen LogP contribution in [-0.2, 0) is 0 Å². The van der Waals surface area contributed by atoms with E-state index in [0.717, 1.165) is 6.42 Å². The number of rotatable bonds is 3. The Morgan fingerprint density at radius 1 is 0.900 bits per heavy atom. The number of allylic oxidation sites excluding steroid dienone is 3. The van der Waals surface area contributed by atoms with Gasteiger partial charge in [-0.05, 0) is 43.3 Å². The summed E-state index contributed by atoms with van der Waals surface area (Å²) < 4.78 is 0. The minimum atomic E-state index is -1.34. The van der Waals surface area contributed by atoms with Gasteiger partial charge >= 0.3 is 0 Å². The lowest BCUT2D eigenvalue weighted by Gasteiger charge is -2.42. The molecule has 20 heavy (non-hydrogen) atoms. The molecular formula is C17H32OSi2. The fraction of sp³-hybridized carbons (Fsp3) is 0.765. The third kappa shape index (κ3) is 3.05. The fourth-order valence-corrected chi connectivity index (χ4v) is 8.87. The molecule has 0 saturated heterocycles. The molecule has 2 rings (SSSR count). The molecule has 1 saturated carbocycles. The highest BCUT2D eigenvalue weighted by atomic mass is 28.3. The van der Waals surface area contributed by atoms with Crippen LogP contribution in [0.3, 0.4) is 0 Å². The summed E-state index contributed by atoms with van der Waals surface area (Å²) in [5.41, 5.74) is 3.45. The molecule has 0 aromatic carbocycles. The van der Waals surface area contributed by atoms with Gasteiger partial charge in [-0.2, -0.15) is 0 Å². The van der Waals surface area contributed by atoms with Gasteiger partial charge in [-0.15, -0.1) is 0 Å². The average molecular weight is 309 g/mol. The molecule has 0 aromatic rings. The molecule has 0 radical (unpaired) electrons. The summed E-state index contributed by atoms with van der Waals surface area (Å²) in [7, 11) is -2.60. The molecule has 2 aliphatic rings. The molecule has 0 bridgehead atoms. The van der Waals surface area contributed by atoms with E-state index in [1.54, 1.807) is 21.5 Å². The molecule has 1 fully saturated rings. The van der Waals surface area contributed by atoms with Crippen molar-refractivity contribution in [3.63, 3.8) is 0 Å². The van der Waals surface area contributed by atoms with E-state index in [9.17, 15) is 5.11 Å². The van der Waals surface area contributed by atoms with Crippen LogP contribution in [-0.4, -0.2) is 27.9 Å². The molecule has 0 aliphatic heterocycles. The Labute approximate surface area is 127 Å². The van der Waals surface area contributed by atoms with Crippen molar-refractivity contribution >= 4 is 16.1 Å². The van der Waals surface area contributed by atoms with Crippen molar-refractivity contribution in [2.45, 2.75) is 71.4 Å². The van der Waals surface area contributed by atoms with Gasteiger partial charge in [-0.3, -0.25) is 0 Å². The van der Waals surface area contributed by atoms with Crippen LogP contribution in [0.15, 0.2) is 21.5 Å². The van der Waals surface area contributed by atoms with E-state index in [1.807, 2.05) is 0 Å². The van der Waals surface area contributed by atoms with Gasteiger partial charge < -0.3 is 5.11 Å². The summed E-state index contributed by atoms with van der Waals surface area (Å²) in [5.74, 6) is 0.431. The van der Waals surface area contributed by atoms with Crippen molar-refractivity contribution < 1.29 is 5.11 Å². The van der Waals surface area contributed by atoms with Gasteiger partial charge in [-0.1, -0.05) is 49.7 Å². The van der Waals surface area contributed by atoms with Gasteiger partial charge in [0, 0.05) is 12.5 Å². The minimum absolute atomic E-state index is 0.352. The van der Waals surface area contributed by atoms with Gasteiger partial charge in [-0.25, -0.2) is 0 Å². The first-order valence-corrected chi connectivity index (χ1v) is 15.2. The van der Waals surface area contributed by atoms with Crippen LogP contribution in [0, 0.1) is 5.92 Å². The molecule has 1 atom stereocenters. The first-order chi connectivity index (χ1) is 9.16. The number of aliphatic hydroxyl groups is 1. The van der Waals surface area contributed by atoms with Crippen LogP contribution in [0.1, 0.15) is 32.1 Å². The summed E-state index contributed by atoms with van der Waals surface area (Å²) in [5, 5.41) is 13.5. The molecule has 0 heterocycles. The van der Waals surface area contributed by atoms with Gasteiger partial charge in [0.2, 0.25) is 0 Å². The second-order valence-corrected chi connectivity index (χ2v) is 18.8. The third-order valence-electron chi connectivity index (χ3n) is 4.95. The molecule has 1 N–H and O–H groups in total. The van der Waals surface area contributed by atoms with Crippen LogP contribution in [0.25, 0.3) is 0 Å². The molecule has 0 spiro atoms. The van der Waals surface area contributed by atoms with Crippen LogP contribution in [0.5, 0.6) is 0 Å². The SMILES string of the molecule is C[Si](C)(C)C1=C2CCCCC2=C([Si](C)(C)C)[C@H](CO)C1. The normalized spacial score (nSPS) is 25.1. The summed E-state index contributed by atoms with van der Waals surface area (Å²) in [6.45, 7) is 15.2. The maximum atomic E-state index is 9.98. The Hall–Kier alpha value is -0.126. The second kappa shape index (κ2) is 5.58. The zero-order chi connectivity index (χ0) is 15.1. The highest BCUT2D eigenvalue weighted by molar-refractivity contribution is 6.84. The number of aliphatic hydroxyl groups excluding tert-OH is 1. The van der Waals surface area contributed by atoms with Crippen molar-refractivity contribution in [1.82, 2.24) is 0 Å². The largest absolute Gasteiger partial charge is 0.396 e. The summed E-state index contributed by atoms with van der Waals surface area (Å²) in [6.07, 6.45) is 6.46. The maximum absolute atomic E-state index is 9.98. The molecule has 0 aromatic heterocycles. The van der Waals surface area contributed by atoms with Crippen molar-refractivity contribution in [2.75, 3.05) is 6.61 Å². The predicted molar refractivity (Wildman–Crippen MR) is 94.4 cm³/mol. The van der Waals surface area contributed by atoms with Crippen molar-refractivity contribution in [2.24, 2.45) is 5.92 Å².